The van der Waals surface area contributed by atoms with Crippen LogP contribution in [-0.2, 0) is 4.74 Å². The Morgan fingerprint density at radius 2 is 1.61 bits per heavy atom. The van der Waals surface area contributed by atoms with Gasteiger partial charge in [-0.05, 0) is 31.2 Å². The van der Waals surface area contributed by atoms with Gasteiger partial charge in [0.15, 0.2) is 5.69 Å². The van der Waals surface area contributed by atoms with Crippen molar-refractivity contribution in [3.8, 4) is 16.9 Å². The van der Waals surface area contributed by atoms with Gasteiger partial charge < -0.3 is 4.74 Å². The van der Waals surface area contributed by atoms with Crippen LogP contribution in [0.25, 0.3) is 16.9 Å². The molecule has 0 saturated heterocycles. The van der Waals surface area contributed by atoms with Gasteiger partial charge in [0.05, 0.1) is 12.3 Å². The second-order valence-corrected chi connectivity index (χ2v) is 8.16. The molecule has 0 N–H and O–H groups in total. The molecule has 5 nitrogen and oxygen atoms in total. The molecule has 0 spiro atoms. The fourth-order valence-electron chi connectivity index (χ4n) is 2.50. The zero-order valence-corrected chi connectivity index (χ0v) is 15.2. The number of aromatic nitrogens is 3. The number of halogens is 5. The number of nitrogens with zero attached hydrogens (tertiary/aromatic N) is 3. The predicted octanol–water partition coefficient (Wildman–Crippen LogP) is 5.77. The fourth-order valence-corrected chi connectivity index (χ4v) is 3.15. The van der Waals surface area contributed by atoms with Crippen molar-refractivity contribution in [3.63, 3.8) is 0 Å². The lowest BCUT2D eigenvalue weighted by Gasteiger charge is -2.40. The van der Waals surface area contributed by atoms with Crippen LogP contribution < -0.4 is 0 Å². The molecule has 3 rings (SSSR count). The first-order chi connectivity index (χ1) is 12.9. The van der Waals surface area contributed by atoms with E-state index in [9.17, 15) is 24.2 Å². The van der Waals surface area contributed by atoms with E-state index < -0.39 is 21.1 Å². The lowest BCUT2D eigenvalue weighted by atomic mass is 10.1. The van der Waals surface area contributed by atoms with Crippen LogP contribution in [0.3, 0.4) is 0 Å². The van der Waals surface area contributed by atoms with Crippen LogP contribution >= 0.6 is 10.2 Å². The quantitative estimate of drug-likeness (QED) is 0.389. The first-order valence-electron chi connectivity index (χ1n) is 7.93. The van der Waals surface area contributed by atoms with Crippen LogP contribution in [0.5, 0.6) is 0 Å². The molecule has 2 aromatic carbocycles. The summed E-state index contributed by atoms with van der Waals surface area (Å²) in [7, 11) is -9.79. The van der Waals surface area contributed by atoms with E-state index in [1.807, 2.05) is 0 Å². The maximum atomic E-state index is 12.9. The van der Waals surface area contributed by atoms with Gasteiger partial charge in [-0.3, -0.25) is 0 Å². The van der Waals surface area contributed by atoms with Gasteiger partial charge in [0, 0.05) is 5.56 Å². The lowest BCUT2D eigenvalue weighted by Crippen LogP contribution is -2.08. The number of hydrogen-bond acceptors (Lipinski definition) is 4. The largest absolute Gasteiger partial charge is 0.461 e. The van der Waals surface area contributed by atoms with Crippen LogP contribution in [0.4, 0.5) is 19.4 Å². The molecule has 0 unspecified atom stereocenters. The molecule has 0 fully saturated rings. The van der Waals surface area contributed by atoms with E-state index >= 15 is 0 Å². The summed E-state index contributed by atoms with van der Waals surface area (Å²) in [5.41, 5.74) is 0.531. The van der Waals surface area contributed by atoms with Crippen molar-refractivity contribution < 1.29 is 29.0 Å². The normalized spacial score (nSPS) is 14.2. The average molecular weight is 419 g/mol. The SMILES string of the molecule is CCOC(=O)c1nnn(-c2ccc(S(F)(F)(F)(F)F)cc2)c1-c1ccccc1. The van der Waals surface area contributed by atoms with Gasteiger partial charge in [0.2, 0.25) is 0 Å². The van der Waals surface area contributed by atoms with E-state index in [2.05, 4.69) is 10.3 Å². The smallest absolute Gasteiger partial charge is 0.361 e. The zero-order valence-electron chi connectivity index (χ0n) is 14.4. The first kappa shape index (κ1) is 19.8. The Kier molecular flexibility index (Phi) is 4.26. The van der Waals surface area contributed by atoms with Gasteiger partial charge in [-0.15, -0.1) is 5.10 Å². The van der Waals surface area contributed by atoms with E-state index in [-0.39, 0.29) is 35.8 Å². The molecule has 11 heteroatoms. The summed E-state index contributed by atoms with van der Waals surface area (Å²) in [6.07, 6.45) is 0. The van der Waals surface area contributed by atoms with Gasteiger partial charge in [0.25, 0.3) is 0 Å². The number of benzene rings is 2. The summed E-state index contributed by atoms with van der Waals surface area (Å²) in [5.74, 6) is -0.767. The van der Waals surface area contributed by atoms with E-state index in [4.69, 9.17) is 4.74 Å². The summed E-state index contributed by atoms with van der Waals surface area (Å²) >= 11 is 0. The molecule has 0 aliphatic rings. The molecule has 0 atom stereocenters. The Morgan fingerprint density at radius 3 is 2.14 bits per heavy atom. The second kappa shape index (κ2) is 6.03. The molecule has 150 valence electrons. The van der Waals surface area contributed by atoms with E-state index in [0.29, 0.717) is 5.56 Å². The Balaban J connectivity index is 2.14. The summed E-state index contributed by atoms with van der Waals surface area (Å²) in [5, 5.41) is 7.56. The standard InChI is InChI=1S/C17H14F5N3O2S/c1-2-27-17(26)15-16(12-6-4-3-5-7-12)25(24-23-15)13-8-10-14(11-9-13)28(18,19,20,21)22/h3-11H,2H2,1H3. The van der Waals surface area contributed by atoms with Gasteiger partial charge >= 0.3 is 16.2 Å². The molecule has 0 aliphatic carbocycles. The Morgan fingerprint density at radius 1 is 1.00 bits per heavy atom. The Bertz CT molecular complexity index is 1020. The van der Waals surface area contributed by atoms with Gasteiger partial charge in [-0.2, -0.15) is 0 Å². The van der Waals surface area contributed by atoms with Crippen molar-refractivity contribution in [1.29, 1.82) is 0 Å². The summed E-state index contributed by atoms with van der Waals surface area (Å²) in [6, 6.07) is 10.6. The third kappa shape index (κ3) is 3.98. The number of carbonyl (C=O) groups is 1. The van der Waals surface area contributed by atoms with Crippen LogP contribution in [0.2, 0.25) is 0 Å². The van der Waals surface area contributed by atoms with Crippen LogP contribution in [-0.4, -0.2) is 27.6 Å². The highest BCUT2D eigenvalue weighted by Crippen LogP contribution is 3.02. The monoisotopic (exact) mass is 419 g/mol. The van der Waals surface area contributed by atoms with Gasteiger partial charge in [-0.25, -0.2) is 9.48 Å². The maximum Gasteiger partial charge on any atom is 0.361 e. The average Bonchev–Trinajstić information content (AvgIpc) is 3.06. The molecule has 1 heterocycles. The molecule has 3 aromatic rings. The molecule has 0 bridgehead atoms. The minimum atomic E-state index is -9.79. The third-order valence-electron chi connectivity index (χ3n) is 3.71. The third-order valence-corrected chi connectivity index (χ3v) is 4.88. The number of ether oxygens (including phenoxy) is 1. The molecule has 1 aromatic heterocycles. The highest BCUT2D eigenvalue weighted by atomic mass is 32.5. The molecular weight excluding hydrogens is 405 g/mol. The molecule has 0 radical (unpaired) electrons. The topological polar surface area (TPSA) is 57.0 Å². The maximum absolute atomic E-state index is 12.9. The highest BCUT2D eigenvalue weighted by molar-refractivity contribution is 8.45. The molecule has 0 amide bonds. The minimum Gasteiger partial charge on any atom is -0.461 e. The van der Waals surface area contributed by atoms with Crippen molar-refractivity contribution in [3.05, 3.63) is 60.3 Å². The number of esters is 1. The van der Waals surface area contributed by atoms with Crippen molar-refractivity contribution in [2.45, 2.75) is 11.8 Å². The summed E-state index contributed by atoms with van der Waals surface area (Å²) in [4.78, 5) is 10.2. The number of rotatable bonds is 5. The molecule has 0 saturated carbocycles. The van der Waals surface area contributed by atoms with Crippen LogP contribution in [0, 0.1) is 0 Å². The summed E-state index contributed by atoms with van der Waals surface area (Å²) in [6.45, 7) is 1.68. The molecule has 0 aliphatic heterocycles. The van der Waals surface area contributed by atoms with E-state index in [1.54, 1.807) is 37.3 Å². The Labute approximate surface area is 156 Å². The zero-order chi connectivity index (χ0) is 20.6. The van der Waals surface area contributed by atoms with Crippen molar-refractivity contribution >= 4 is 16.2 Å². The van der Waals surface area contributed by atoms with E-state index in [0.717, 1.165) is 16.8 Å². The highest BCUT2D eigenvalue weighted by Gasteiger charge is 2.65. The van der Waals surface area contributed by atoms with Crippen LogP contribution in [0.15, 0.2) is 59.5 Å². The molecular formula is C17H14F5N3O2S. The van der Waals surface area contributed by atoms with Crippen LogP contribution in [0.1, 0.15) is 17.4 Å². The second-order valence-electron chi connectivity index (χ2n) is 5.75. The van der Waals surface area contributed by atoms with Gasteiger partial charge in [0.1, 0.15) is 10.6 Å². The minimum absolute atomic E-state index is 0.0208. The predicted molar refractivity (Wildman–Crippen MR) is 94.1 cm³/mol. The van der Waals surface area contributed by atoms with Crippen molar-refractivity contribution in [2.75, 3.05) is 6.61 Å². The molecule has 28 heavy (non-hydrogen) atoms. The lowest BCUT2D eigenvalue weighted by molar-refractivity contribution is 0.0520. The Hall–Kier alpha value is -2.95. The van der Waals surface area contributed by atoms with Gasteiger partial charge in [-0.1, -0.05) is 55.0 Å². The number of hydrogen-bond donors (Lipinski definition) is 0. The van der Waals surface area contributed by atoms with E-state index in [1.165, 1.54) is 0 Å². The summed E-state index contributed by atoms with van der Waals surface area (Å²) < 4.78 is 70.6. The first-order valence-corrected chi connectivity index (χ1v) is 9.88. The van der Waals surface area contributed by atoms with Crippen molar-refractivity contribution in [1.82, 2.24) is 15.0 Å². The van der Waals surface area contributed by atoms with Crippen molar-refractivity contribution in [2.24, 2.45) is 0 Å². The number of carbonyl (C=O) groups excluding carboxylic acids is 1. The fraction of sp³-hybridized carbons (Fsp3) is 0.118.